The van der Waals surface area contributed by atoms with E-state index in [1.165, 1.54) is 18.7 Å². The van der Waals surface area contributed by atoms with Gasteiger partial charge in [-0.3, -0.25) is 9.36 Å². The molecule has 0 spiro atoms. The molecule has 4 heteroatoms. The fourth-order valence-electron chi connectivity index (χ4n) is 1.55. The summed E-state index contributed by atoms with van der Waals surface area (Å²) in [5.41, 5.74) is 2.36. The van der Waals surface area contributed by atoms with Crippen molar-refractivity contribution in [3.8, 4) is 5.88 Å². The van der Waals surface area contributed by atoms with Crippen LogP contribution in [0.2, 0.25) is 0 Å². The Morgan fingerprint density at radius 3 is 2.71 bits per heavy atom. The van der Waals surface area contributed by atoms with Crippen LogP contribution >= 0.6 is 0 Å². The van der Waals surface area contributed by atoms with Crippen LogP contribution in [0.15, 0.2) is 36.8 Å². The van der Waals surface area contributed by atoms with Crippen molar-refractivity contribution >= 4 is 5.97 Å². The number of hydrogen-bond donors (Lipinski definition) is 0. The standard InChI is InChI=1S/C13H14N2O2/c1-10-3-5-12(6-4-10)8-15-9-14-7-13(15)17-11(2)16/h3-7,9H,8H2,1-2H3. The Labute approximate surface area is 99.9 Å². The van der Waals surface area contributed by atoms with Crippen LogP contribution in [0.3, 0.4) is 0 Å². The van der Waals surface area contributed by atoms with Crippen molar-refractivity contribution in [1.29, 1.82) is 0 Å². The first-order valence-corrected chi connectivity index (χ1v) is 5.39. The van der Waals surface area contributed by atoms with Crippen LogP contribution in [0.25, 0.3) is 0 Å². The van der Waals surface area contributed by atoms with Crippen LogP contribution in [-0.4, -0.2) is 15.5 Å². The molecule has 0 aliphatic carbocycles. The van der Waals surface area contributed by atoms with Crippen LogP contribution < -0.4 is 4.74 Å². The van der Waals surface area contributed by atoms with Crippen molar-refractivity contribution in [3.63, 3.8) is 0 Å². The third-order valence-corrected chi connectivity index (χ3v) is 2.40. The van der Waals surface area contributed by atoms with Crippen molar-refractivity contribution in [2.24, 2.45) is 0 Å². The largest absolute Gasteiger partial charge is 0.408 e. The minimum absolute atomic E-state index is 0.337. The molecule has 0 aliphatic rings. The maximum absolute atomic E-state index is 10.9. The second-order valence-electron chi connectivity index (χ2n) is 3.94. The molecule has 0 unspecified atom stereocenters. The highest BCUT2D eigenvalue weighted by Gasteiger charge is 2.06. The Morgan fingerprint density at radius 1 is 1.35 bits per heavy atom. The molecule has 0 aliphatic heterocycles. The average molecular weight is 230 g/mol. The van der Waals surface area contributed by atoms with E-state index in [1.807, 2.05) is 19.1 Å². The van der Waals surface area contributed by atoms with Crippen molar-refractivity contribution in [2.75, 3.05) is 0 Å². The molecule has 0 radical (unpaired) electrons. The Kier molecular flexibility index (Phi) is 3.23. The summed E-state index contributed by atoms with van der Waals surface area (Å²) < 4.78 is 6.84. The SMILES string of the molecule is CC(=O)Oc1cncn1Cc1ccc(C)cc1. The number of aromatic nitrogens is 2. The fraction of sp³-hybridized carbons (Fsp3) is 0.231. The maximum atomic E-state index is 10.9. The molecule has 1 aromatic heterocycles. The Hall–Kier alpha value is -2.10. The second kappa shape index (κ2) is 4.82. The molecule has 0 saturated carbocycles. The number of hydrogen-bond acceptors (Lipinski definition) is 3. The smallest absolute Gasteiger partial charge is 0.309 e. The Balaban J connectivity index is 2.15. The second-order valence-corrected chi connectivity index (χ2v) is 3.94. The fourth-order valence-corrected chi connectivity index (χ4v) is 1.55. The van der Waals surface area contributed by atoms with Crippen LogP contribution in [-0.2, 0) is 11.3 Å². The molecule has 2 rings (SSSR count). The Morgan fingerprint density at radius 2 is 2.06 bits per heavy atom. The van der Waals surface area contributed by atoms with Crippen molar-refractivity contribution in [2.45, 2.75) is 20.4 Å². The predicted molar refractivity (Wildman–Crippen MR) is 63.8 cm³/mol. The summed E-state index contributed by atoms with van der Waals surface area (Å²) in [4.78, 5) is 14.9. The topological polar surface area (TPSA) is 44.1 Å². The van der Waals surface area contributed by atoms with E-state index in [2.05, 4.69) is 17.1 Å². The molecular formula is C13H14N2O2. The number of ether oxygens (including phenoxy) is 1. The third-order valence-electron chi connectivity index (χ3n) is 2.40. The van der Waals surface area contributed by atoms with Crippen molar-refractivity contribution in [1.82, 2.24) is 9.55 Å². The first-order chi connectivity index (χ1) is 8.15. The summed E-state index contributed by atoms with van der Waals surface area (Å²) >= 11 is 0. The van der Waals surface area contributed by atoms with Crippen molar-refractivity contribution in [3.05, 3.63) is 47.9 Å². The molecule has 0 fully saturated rings. The zero-order valence-corrected chi connectivity index (χ0v) is 9.88. The number of carbonyl (C=O) groups excluding carboxylic acids is 1. The van der Waals surface area contributed by atoms with Gasteiger partial charge < -0.3 is 4.74 Å². The van der Waals surface area contributed by atoms with Gasteiger partial charge in [0, 0.05) is 6.92 Å². The van der Waals surface area contributed by atoms with E-state index in [1.54, 1.807) is 10.9 Å². The van der Waals surface area contributed by atoms with E-state index < -0.39 is 0 Å². The van der Waals surface area contributed by atoms with E-state index >= 15 is 0 Å². The number of imidazole rings is 1. The molecule has 17 heavy (non-hydrogen) atoms. The quantitative estimate of drug-likeness (QED) is 0.759. The summed E-state index contributed by atoms with van der Waals surface area (Å²) in [5, 5.41) is 0. The van der Waals surface area contributed by atoms with Gasteiger partial charge in [0.05, 0.1) is 19.1 Å². The van der Waals surface area contributed by atoms with E-state index in [9.17, 15) is 4.79 Å². The zero-order valence-electron chi connectivity index (χ0n) is 9.88. The normalized spacial score (nSPS) is 10.2. The highest BCUT2D eigenvalue weighted by molar-refractivity contribution is 5.68. The summed E-state index contributed by atoms with van der Waals surface area (Å²) in [6, 6.07) is 8.20. The maximum Gasteiger partial charge on any atom is 0.309 e. The van der Waals surface area contributed by atoms with Gasteiger partial charge in [-0.05, 0) is 12.5 Å². The summed E-state index contributed by atoms with van der Waals surface area (Å²) in [6.07, 6.45) is 3.19. The molecule has 1 aromatic carbocycles. The molecule has 88 valence electrons. The monoisotopic (exact) mass is 230 g/mol. The summed E-state index contributed by atoms with van der Waals surface area (Å²) in [6.45, 7) is 4.07. The molecular weight excluding hydrogens is 216 g/mol. The lowest BCUT2D eigenvalue weighted by atomic mass is 10.1. The lowest BCUT2D eigenvalue weighted by molar-refractivity contribution is -0.132. The lowest BCUT2D eigenvalue weighted by Gasteiger charge is -2.07. The summed E-state index contributed by atoms with van der Waals surface area (Å²) in [7, 11) is 0. The number of benzene rings is 1. The molecule has 0 N–H and O–H groups in total. The number of aryl methyl sites for hydroxylation is 1. The summed E-state index contributed by atoms with van der Waals surface area (Å²) in [5.74, 6) is 0.133. The van der Waals surface area contributed by atoms with Gasteiger partial charge in [-0.25, -0.2) is 4.98 Å². The van der Waals surface area contributed by atoms with Crippen LogP contribution in [0, 0.1) is 6.92 Å². The lowest BCUT2D eigenvalue weighted by Crippen LogP contribution is -2.07. The van der Waals surface area contributed by atoms with Gasteiger partial charge in [-0.2, -0.15) is 0 Å². The first kappa shape index (κ1) is 11.4. The van der Waals surface area contributed by atoms with Gasteiger partial charge in [-0.1, -0.05) is 29.8 Å². The van der Waals surface area contributed by atoms with Gasteiger partial charge in [0.25, 0.3) is 0 Å². The first-order valence-electron chi connectivity index (χ1n) is 5.39. The van der Waals surface area contributed by atoms with Gasteiger partial charge in [-0.15, -0.1) is 0 Å². The van der Waals surface area contributed by atoms with E-state index in [0.29, 0.717) is 12.4 Å². The Bertz CT molecular complexity index is 514. The molecule has 0 saturated heterocycles. The average Bonchev–Trinajstić information content (AvgIpc) is 2.68. The zero-order chi connectivity index (χ0) is 12.3. The minimum Gasteiger partial charge on any atom is -0.408 e. The van der Waals surface area contributed by atoms with E-state index in [-0.39, 0.29) is 5.97 Å². The molecule has 1 heterocycles. The van der Waals surface area contributed by atoms with E-state index in [4.69, 9.17) is 4.74 Å². The van der Waals surface area contributed by atoms with Gasteiger partial charge in [0.1, 0.15) is 0 Å². The highest BCUT2D eigenvalue weighted by Crippen LogP contribution is 2.13. The number of carbonyl (C=O) groups is 1. The minimum atomic E-state index is -0.337. The number of esters is 1. The van der Waals surface area contributed by atoms with Gasteiger partial charge in [0.15, 0.2) is 0 Å². The number of nitrogens with zero attached hydrogens (tertiary/aromatic N) is 2. The van der Waals surface area contributed by atoms with Gasteiger partial charge in [0.2, 0.25) is 5.88 Å². The highest BCUT2D eigenvalue weighted by atomic mass is 16.5. The molecule has 0 amide bonds. The number of rotatable bonds is 3. The van der Waals surface area contributed by atoms with Crippen LogP contribution in [0.1, 0.15) is 18.1 Å². The third kappa shape index (κ3) is 2.93. The van der Waals surface area contributed by atoms with Crippen LogP contribution in [0.5, 0.6) is 5.88 Å². The molecule has 0 bridgehead atoms. The van der Waals surface area contributed by atoms with Crippen LogP contribution in [0.4, 0.5) is 0 Å². The predicted octanol–water partition coefficient (Wildman–Crippen LogP) is 2.17. The molecule has 0 atom stereocenters. The van der Waals surface area contributed by atoms with Crippen molar-refractivity contribution < 1.29 is 9.53 Å². The van der Waals surface area contributed by atoms with Gasteiger partial charge >= 0.3 is 5.97 Å². The molecule has 4 nitrogen and oxygen atoms in total. The molecule has 2 aromatic rings. The van der Waals surface area contributed by atoms with E-state index in [0.717, 1.165) is 5.56 Å².